The molecule has 2 aromatic rings. The van der Waals surface area contributed by atoms with Gasteiger partial charge in [0.15, 0.2) is 0 Å². The zero-order valence-corrected chi connectivity index (χ0v) is 33.4. The van der Waals surface area contributed by atoms with Gasteiger partial charge in [-0.3, -0.25) is 0 Å². The molecular formula is C46H68N2S. The number of thioether (sulfide) groups is 1. The molecule has 0 radical (unpaired) electrons. The molecule has 268 valence electrons. The Kier molecular flexibility index (Phi) is 19.6. The fraction of sp³-hybridized carbons (Fsp3) is 0.543. The number of allylic oxidation sites excluding steroid dienone is 2. The van der Waals surface area contributed by atoms with Gasteiger partial charge in [-0.15, -0.1) is 17.5 Å². The molecule has 0 aliphatic rings. The zero-order chi connectivity index (χ0) is 36.2. The van der Waals surface area contributed by atoms with Gasteiger partial charge in [-0.25, -0.2) is 0 Å². The smallest absolute Gasteiger partial charge is 0.0460 e. The third-order valence-electron chi connectivity index (χ3n) is 9.22. The second-order valence-corrected chi connectivity index (χ2v) is 16.4. The molecule has 49 heavy (non-hydrogen) atoms. The second kappa shape index (κ2) is 22.8. The molecule has 3 heteroatoms. The first kappa shape index (κ1) is 42.3. The van der Waals surface area contributed by atoms with Crippen LogP contribution in [0.4, 0.5) is 0 Å². The molecule has 0 bridgehead atoms. The molecule has 0 aromatic heterocycles. The van der Waals surface area contributed by atoms with Crippen LogP contribution < -0.4 is 10.6 Å². The van der Waals surface area contributed by atoms with E-state index in [2.05, 4.69) is 152 Å². The predicted molar refractivity (Wildman–Crippen MR) is 222 cm³/mol. The maximum absolute atomic E-state index is 4.53. The highest BCUT2D eigenvalue weighted by molar-refractivity contribution is 8.08. The van der Waals surface area contributed by atoms with Gasteiger partial charge in [-0.2, -0.15) is 0 Å². The van der Waals surface area contributed by atoms with Gasteiger partial charge in [0.1, 0.15) is 0 Å². The molecule has 0 fully saturated rings. The molecule has 0 saturated carbocycles. The lowest BCUT2D eigenvalue weighted by Crippen LogP contribution is -2.55. The first-order valence-electron chi connectivity index (χ1n) is 18.9. The van der Waals surface area contributed by atoms with Crippen LogP contribution in [0.2, 0.25) is 0 Å². The fourth-order valence-electron chi connectivity index (χ4n) is 6.47. The molecule has 2 rings (SSSR count). The van der Waals surface area contributed by atoms with Crippen molar-refractivity contribution in [1.82, 2.24) is 10.6 Å². The topological polar surface area (TPSA) is 24.1 Å². The van der Waals surface area contributed by atoms with Crippen molar-refractivity contribution in [3.8, 4) is 11.8 Å². The normalized spacial score (nSPS) is 13.7. The van der Waals surface area contributed by atoms with E-state index in [0.29, 0.717) is 12.0 Å². The highest BCUT2D eigenvalue weighted by Gasteiger charge is 2.34. The monoisotopic (exact) mass is 681 g/mol. The first-order chi connectivity index (χ1) is 23.4. The number of hydrogen-bond donors (Lipinski definition) is 2. The van der Waals surface area contributed by atoms with E-state index in [4.69, 9.17) is 0 Å². The van der Waals surface area contributed by atoms with E-state index in [1.54, 1.807) is 0 Å². The van der Waals surface area contributed by atoms with Crippen molar-refractivity contribution in [3.05, 3.63) is 101 Å². The Labute approximate surface area is 306 Å². The molecule has 0 spiro atoms. The average Bonchev–Trinajstić information content (AvgIpc) is 3.06. The van der Waals surface area contributed by atoms with E-state index in [9.17, 15) is 0 Å². The molecule has 4 unspecified atom stereocenters. The minimum atomic E-state index is 0.0751. The van der Waals surface area contributed by atoms with E-state index in [1.165, 1.54) is 59.4 Å². The lowest BCUT2D eigenvalue weighted by atomic mass is 9.78. The van der Waals surface area contributed by atoms with Crippen molar-refractivity contribution < 1.29 is 0 Å². The Morgan fingerprint density at radius 1 is 0.918 bits per heavy atom. The summed E-state index contributed by atoms with van der Waals surface area (Å²) in [7, 11) is 0. The summed E-state index contributed by atoms with van der Waals surface area (Å²) < 4.78 is 0. The van der Waals surface area contributed by atoms with Crippen molar-refractivity contribution in [2.45, 2.75) is 145 Å². The zero-order valence-electron chi connectivity index (χ0n) is 32.6. The molecule has 2 nitrogen and oxygen atoms in total. The van der Waals surface area contributed by atoms with Crippen LogP contribution in [-0.4, -0.2) is 17.8 Å². The van der Waals surface area contributed by atoms with Gasteiger partial charge >= 0.3 is 0 Å². The van der Waals surface area contributed by atoms with Crippen LogP contribution in [0, 0.1) is 23.2 Å². The Morgan fingerprint density at radius 2 is 1.59 bits per heavy atom. The summed E-state index contributed by atoms with van der Waals surface area (Å²) in [4.78, 5) is 1.40. The van der Waals surface area contributed by atoms with E-state index < -0.39 is 0 Å². The van der Waals surface area contributed by atoms with E-state index >= 15 is 0 Å². The van der Waals surface area contributed by atoms with E-state index in [1.807, 2.05) is 17.8 Å². The van der Waals surface area contributed by atoms with Crippen LogP contribution in [0.15, 0.2) is 78.7 Å². The lowest BCUT2D eigenvalue weighted by molar-refractivity contribution is 0.188. The highest BCUT2D eigenvalue weighted by atomic mass is 32.2. The number of benzene rings is 2. The van der Waals surface area contributed by atoms with Crippen LogP contribution in [0.3, 0.4) is 0 Å². The largest absolute Gasteiger partial charge is 0.384 e. The first-order valence-corrected chi connectivity index (χ1v) is 19.9. The summed E-state index contributed by atoms with van der Waals surface area (Å²) in [5.41, 5.74) is 10.3. The molecule has 2 aromatic carbocycles. The maximum atomic E-state index is 4.53. The average molecular weight is 681 g/mol. The maximum Gasteiger partial charge on any atom is 0.0460 e. The number of rotatable bonds is 21. The third-order valence-corrected chi connectivity index (χ3v) is 10.4. The molecule has 2 N–H and O–H groups in total. The predicted octanol–water partition coefficient (Wildman–Crippen LogP) is 13.1. The van der Waals surface area contributed by atoms with Crippen molar-refractivity contribution >= 4 is 22.7 Å². The SMILES string of the molecule is C=C=Cc1ccc(C#CCCCCCCC(=C)NC(C(CC(C)CCCC)NC(C)c2ccc(C(SCC)=C(C)C)cc2)C(C)(C)C)cc1. The minimum absolute atomic E-state index is 0.0751. The van der Waals surface area contributed by atoms with Gasteiger partial charge in [0, 0.05) is 40.7 Å². The van der Waals surface area contributed by atoms with E-state index in [-0.39, 0.29) is 17.5 Å². The van der Waals surface area contributed by atoms with Crippen molar-refractivity contribution in [3.63, 3.8) is 0 Å². The summed E-state index contributed by atoms with van der Waals surface area (Å²) in [6, 6.07) is 18.4. The van der Waals surface area contributed by atoms with Gasteiger partial charge in [0.05, 0.1) is 0 Å². The molecule has 0 saturated heterocycles. The summed E-state index contributed by atoms with van der Waals surface area (Å²) in [5.74, 6) is 8.40. The molecule has 4 atom stereocenters. The van der Waals surface area contributed by atoms with Gasteiger partial charge in [-0.05, 0) is 98.4 Å². The number of unbranched alkanes of at least 4 members (excludes halogenated alkanes) is 5. The Hall–Kier alpha value is -2.89. The van der Waals surface area contributed by atoms with Crippen molar-refractivity contribution in [2.24, 2.45) is 11.3 Å². The van der Waals surface area contributed by atoms with Crippen LogP contribution in [0.5, 0.6) is 0 Å². The Bertz CT molecular complexity index is 1390. The molecular weight excluding hydrogens is 613 g/mol. The van der Waals surface area contributed by atoms with Gasteiger partial charge in [0.25, 0.3) is 0 Å². The van der Waals surface area contributed by atoms with Gasteiger partial charge in [0.2, 0.25) is 0 Å². The highest BCUT2D eigenvalue weighted by Crippen LogP contribution is 2.33. The molecule has 0 heterocycles. The quantitative estimate of drug-likeness (QED) is 0.0779. The summed E-state index contributed by atoms with van der Waals surface area (Å²) >= 11 is 1.94. The van der Waals surface area contributed by atoms with Crippen LogP contribution in [0.1, 0.15) is 155 Å². The fourth-order valence-corrected chi connectivity index (χ4v) is 7.35. The number of nitrogens with one attached hydrogen (secondary N) is 2. The van der Waals surface area contributed by atoms with Gasteiger partial charge in [-0.1, -0.05) is 141 Å². The summed E-state index contributed by atoms with van der Waals surface area (Å²) in [6.45, 7) is 29.0. The van der Waals surface area contributed by atoms with E-state index in [0.717, 1.165) is 49.0 Å². The molecule has 0 amide bonds. The minimum Gasteiger partial charge on any atom is -0.384 e. The Balaban J connectivity index is 2.01. The van der Waals surface area contributed by atoms with Gasteiger partial charge < -0.3 is 10.6 Å². The van der Waals surface area contributed by atoms with Crippen molar-refractivity contribution in [1.29, 1.82) is 0 Å². The Morgan fingerprint density at radius 3 is 2.18 bits per heavy atom. The standard InChI is InChI=1S/C46H68N2S/c1-12-15-23-36(6)34-43(48-38(8)41-30-32-42(33-31-41)44(35(4)5)49-14-3)45(46(9,10)11)47-37(7)24-20-18-16-17-19-21-25-40-28-26-39(22-13-2)27-29-40/h22,26-33,36,38,43,45,47-48H,2,7,12,14-20,23-24,34H2,1,3-6,8-11H3. The summed E-state index contributed by atoms with van der Waals surface area (Å²) in [6.07, 6.45) is 13.5. The van der Waals surface area contributed by atoms with Crippen molar-refractivity contribution in [2.75, 3.05) is 5.75 Å². The number of hydrogen-bond acceptors (Lipinski definition) is 3. The molecule has 0 aliphatic heterocycles. The van der Waals surface area contributed by atoms with Crippen LogP contribution in [0.25, 0.3) is 11.0 Å². The van der Waals surface area contributed by atoms with Crippen LogP contribution in [-0.2, 0) is 0 Å². The second-order valence-electron chi connectivity index (χ2n) is 15.1. The summed E-state index contributed by atoms with van der Waals surface area (Å²) in [5, 5.41) is 8.09. The van der Waals surface area contributed by atoms with Crippen LogP contribution >= 0.6 is 11.8 Å². The molecule has 0 aliphatic carbocycles. The lowest BCUT2D eigenvalue weighted by Gasteiger charge is -2.42. The third kappa shape index (κ3) is 16.1.